The number of rotatable bonds is 18. The number of phenols is 1. The number of thioether (sulfide) groups is 1. The van der Waals surface area contributed by atoms with Crippen molar-refractivity contribution in [1.29, 1.82) is 0 Å². The van der Waals surface area contributed by atoms with Crippen molar-refractivity contribution in [3.63, 3.8) is 0 Å². The van der Waals surface area contributed by atoms with Crippen molar-refractivity contribution >= 4 is 35.1 Å². The standard InChI is InChI=1S/C31H40O8S/c1-6-10-25-27(14-12-24(22(5)34)31(25)39-16-8-11-29(35)37-7-2)38-17-9-18-40-28-15-13-23(21(4)33)30(36)26(28)19-20(3)32/h12-15,36H,6-11,16-19H2,1-5H3. The fraction of sp³-hybridized carbons (Fsp3) is 0.484. The molecule has 0 saturated heterocycles. The molecule has 0 aromatic heterocycles. The molecule has 0 amide bonds. The Bertz CT molecular complexity index is 1200. The largest absolute Gasteiger partial charge is 0.507 e. The molecule has 1 N–H and O–H groups in total. The third kappa shape index (κ3) is 9.70. The van der Waals surface area contributed by atoms with Crippen molar-refractivity contribution in [3.8, 4) is 17.2 Å². The van der Waals surface area contributed by atoms with Crippen LogP contribution < -0.4 is 9.47 Å². The molecule has 0 atom stereocenters. The van der Waals surface area contributed by atoms with Gasteiger partial charge in [-0.3, -0.25) is 19.2 Å². The maximum Gasteiger partial charge on any atom is 0.305 e. The van der Waals surface area contributed by atoms with Gasteiger partial charge in [-0.2, -0.15) is 0 Å². The van der Waals surface area contributed by atoms with Crippen molar-refractivity contribution in [1.82, 2.24) is 0 Å². The molecule has 0 aliphatic heterocycles. The van der Waals surface area contributed by atoms with Gasteiger partial charge in [0, 0.05) is 34.6 Å². The van der Waals surface area contributed by atoms with Crippen molar-refractivity contribution < 1.29 is 38.5 Å². The Hall–Kier alpha value is -3.33. The van der Waals surface area contributed by atoms with E-state index < -0.39 is 0 Å². The zero-order valence-corrected chi connectivity index (χ0v) is 24.9. The lowest BCUT2D eigenvalue weighted by molar-refractivity contribution is -0.143. The molecular formula is C31H40O8S. The Labute approximate surface area is 240 Å². The number of hydrogen-bond acceptors (Lipinski definition) is 9. The molecule has 2 aromatic rings. The van der Waals surface area contributed by atoms with E-state index in [1.54, 1.807) is 31.2 Å². The number of benzene rings is 2. The van der Waals surface area contributed by atoms with Gasteiger partial charge in [-0.05, 0) is 71.2 Å². The van der Waals surface area contributed by atoms with Crippen LogP contribution in [0.25, 0.3) is 0 Å². The number of hydrogen-bond donors (Lipinski definition) is 1. The Morgan fingerprint density at radius 1 is 0.850 bits per heavy atom. The molecule has 0 aliphatic carbocycles. The molecule has 0 saturated carbocycles. The van der Waals surface area contributed by atoms with Gasteiger partial charge < -0.3 is 19.3 Å². The van der Waals surface area contributed by atoms with Crippen LogP contribution >= 0.6 is 11.8 Å². The smallest absolute Gasteiger partial charge is 0.305 e. The van der Waals surface area contributed by atoms with Crippen molar-refractivity contribution in [2.24, 2.45) is 0 Å². The molecule has 8 nitrogen and oxygen atoms in total. The fourth-order valence-electron chi connectivity index (χ4n) is 4.18. The van der Waals surface area contributed by atoms with Crippen molar-refractivity contribution in [2.45, 2.75) is 78.0 Å². The lowest BCUT2D eigenvalue weighted by Crippen LogP contribution is -2.11. The number of ether oxygens (including phenoxy) is 3. The van der Waals surface area contributed by atoms with Crippen LogP contribution in [0.5, 0.6) is 17.2 Å². The third-order valence-electron chi connectivity index (χ3n) is 6.02. The minimum absolute atomic E-state index is 0.0528. The summed E-state index contributed by atoms with van der Waals surface area (Å²) in [6, 6.07) is 6.86. The molecule has 9 heteroatoms. The SMILES string of the molecule is CCCc1c(OCCCSc2ccc(C(C)=O)c(O)c2CC(C)=O)ccc(C(C)=O)c1OCCCC(=O)OCC. The number of carbonyl (C=O) groups is 4. The van der Waals surface area contributed by atoms with Gasteiger partial charge in [0.15, 0.2) is 11.6 Å². The van der Waals surface area contributed by atoms with Crippen LogP contribution in [0, 0.1) is 0 Å². The number of aromatic hydroxyl groups is 1. The van der Waals surface area contributed by atoms with Gasteiger partial charge in [0.1, 0.15) is 23.0 Å². The van der Waals surface area contributed by atoms with Gasteiger partial charge in [-0.15, -0.1) is 11.8 Å². The third-order valence-corrected chi connectivity index (χ3v) is 7.21. The summed E-state index contributed by atoms with van der Waals surface area (Å²) >= 11 is 1.49. The van der Waals surface area contributed by atoms with Gasteiger partial charge in [-0.1, -0.05) is 13.3 Å². The molecule has 0 aliphatic rings. The van der Waals surface area contributed by atoms with Gasteiger partial charge in [-0.25, -0.2) is 0 Å². The first-order valence-electron chi connectivity index (χ1n) is 13.7. The molecule has 218 valence electrons. The zero-order chi connectivity index (χ0) is 29.7. The van der Waals surface area contributed by atoms with E-state index in [-0.39, 0.29) is 54.1 Å². The summed E-state index contributed by atoms with van der Waals surface area (Å²) in [5.74, 6) is 0.939. The molecule has 0 bridgehead atoms. The van der Waals surface area contributed by atoms with E-state index in [2.05, 4.69) is 0 Å². The van der Waals surface area contributed by atoms with E-state index in [4.69, 9.17) is 14.2 Å². The first kappa shape index (κ1) is 32.9. The quantitative estimate of drug-likeness (QED) is 0.0969. The summed E-state index contributed by atoms with van der Waals surface area (Å²) in [6.45, 7) is 9.14. The van der Waals surface area contributed by atoms with Gasteiger partial charge >= 0.3 is 5.97 Å². The Morgan fingerprint density at radius 3 is 2.15 bits per heavy atom. The first-order valence-corrected chi connectivity index (χ1v) is 14.6. The highest BCUT2D eigenvalue weighted by Crippen LogP contribution is 2.36. The first-order chi connectivity index (χ1) is 19.1. The second kappa shape index (κ2) is 16.7. The highest BCUT2D eigenvalue weighted by molar-refractivity contribution is 7.99. The van der Waals surface area contributed by atoms with Crippen LogP contribution in [0.1, 0.15) is 92.1 Å². The topological polar surface area (TPSA) is 116 Å². The molecule has 0 radical (unpaired) electrons. The maximum atomic E-state index is 12.3. The summed E-state index contributed by atoms with van der Waals surface area (Å²) in [5, 5.41) is 10.6. The van der Waals surface area contributed by atoms with E-state index in [0.29, 0.717) is 60.9 Å². The highest BCUT2D eigenvalue weighted by atomic mass is 32.2. The van der Waals surface area contributed by atoms with E-state index in [9.17, 15) is 24.3 Å². The maximum absolute atomic E-state index is 12.3. The number of ketones is 3. The highest BCUT2D eigenvalue weighted by Gasteiger charge is 2.19. The molecule has 0 unspecified atom stereocenters. The molecule has 0 fully saturated rings. The Kier molecular flexibility index (Phi) is 13.7. The monoisotopic (exact) mass is 572 g/mol. The van der Waals surface area contributed by atoms with Crippen LogP contribution in [0.4, 0.5) is 0 Å². The van der Waals surface area contributed by atoms with E-state index in [1.807, 2.05) is 6.92 Å². The van der Waals surface area contributed by atoms with Crippen LogP contribution in [-0.2, 0) is 27.2 Å². The molecule has 2 aromatic carbocycles. The molecule has 0 heterocycles. The van der Waals surface area contributed by atoms with E-state index >= 15 is 0 Å². The predicted molar refractivity (Wildman–Crippen MR) is 155 cm³/mol. The molecule has 2 rings (SSSR count). The van der Waals surface area contributed by atoms with Crippen molar-refractivity contribution in [2.75, 3.05) is 25.6 Å². The van der Waals surface area contributed by atoms with Crippen LogP contribution in [0.15, 0.2) is 29.2 Å². The van der Waals surface area contributed by atoms with Crippen LogP contribution in [0.2, 0.25) is 0 Å². The summed E-state index contributed by atoms with van der Waals surface area (Å²) in [5.41, 5.74) is 1.99. The lowest BCUT2D eigenvalue weighted by atomic mass is 10.0. The fourth-order valence-corrected chi connectivity index (χ4v) is 5.17. The van der Waals surface area contributed by atoms with Crippen LogP contribution in [0.3, 0.4) is 0 Å². The Balaban J connectivity index is 2.09. The predicted octanol–water partition coefficient (Wildman–Crippen LogP) is 6.16. The number of esters is 1. The summed E-state index contributed by atoms with van der Waals surface area (Å²) in [7, 11) is 0. The minimum Gasteiger partial charge on any atom is -0.507 e. The summed E-state index contributed by atoms with van der Waals surface area (Å²) in [6.07, 6.45) is 2.93. The van der Waals surface area contributed by atoms with Gasteiger partial charge in [0.05, 0.1) is 30.9 Å². The molecular weight excluding hydrogens is 532 g/mol. The molecule has 0 spiro atoms. The average molecular weight is 573 g/mol. The van der Waals surface area contributed by atoms with E-state index in [0.717, 1.165) is 16.9 Å². The summed E-state index contributed by atoms with van der Waals surface area (Å²) in [4.78, 5) is 48.3. The average Bonchev–Trinajstić information content (AvgIpc) is 2.89. The van der Waals surface area contributed by atoms with Gasteiger partial charge in [0.25, 0.3) is 0 Å². The zero-order valence-electron chi connectivity index (χ0n) is 24.1. The van der Waals surface area contributed by atoms with E-state index in [1.165, 1.54) is 32.5 Å². The minimum atomic E-state index is -0.278. The number of phenolic OH excluding ortho intramolecular Hbond substituents is 1. The second-order valence-corrected chi connectivity index (χ2v) is 10.5. The lowest BCUT2D eigenvalue weighted by Gasteiger charge is -2.19. The summed E-state index contributed by atoms with van der Waals surface area (Å²) < 4.78 is 17.1. The number of carbonyl (C=O) groups excluding carboxylic acids is 4. The normalized spacial score (nSPS) is 10.7. The second-order valence-electron chi connectivity index (χ2n) is 9.41. The Morgan fingerprint density at radius 2 is 1.52 bits per heavy atom. The van der Waals surface area contributed by atoms with Crippen LogP contribution in [-0.4, -0.2) is 54.0 Å². The van der Waals surface area contributed by atoms with Gasteiger partial charge in [0.2, 0.25) is 0 Å². The van der Waals surface area contributed by atoms with Crippen molar-refractivity contribution in [3.05, 3.63) is 46.5 Å². The number of Topliss-reactive ketones (excluding diaryl/α,β-unsaturated/α-hetero) is 3. The molecule has 40 heavy (non-hydrogen) atoms.